The minimum Gasteiger partial charge on any atom is -0.350 e. The first-order chi connectivity index (χ1) is 10.7. The summed E-state index contributed by atoms with van der Waals surface area (Å²) in [7, 11) is 1.89. The third kappa shape index (κ3) is 4.71. The van der Waals surface area contributed by atoms with Crippen LogP contribution in [0, 0.1) is 0 Å². The van der Waals surface area contributed by atoms with Crippen LogP contribution in [0.15, 0.2) is 54.6 Å². The molecule has 0 heterocycles. The van der Waals surface area contributed by atoms with Gasteiger partial charge in [-0.1, -0.05) is 48.5 Å². The lowest BCUT2D eigenvalue weighted by atomic mass is 9.99. The van der Waals surface area contributed by atoms with E-state index >= 15 is 0 Å². The van der Waals surface area contributed by atoms with Crippen LogP contribution in [0.5, 0.6) is 0 Å². The van der Waals surface area contributed by atoms with E-state index in [-0.39, 0.29) is 11.9 Å². The molecule has 1 atom stereocenters. The highest BCUT2D eigenvalue weighted by molar-refractivity contribution is 5.95. The van der Waals surface area contributed by atoms with Gasteiger partial charge in [-0.05, 0) is 44.0 Å². The van der Waals surface area contributed by atoms with Gasteiger partial charge in [0.1, 0.15) is 0 Å². The summed E-state index contributed by atoms with van der Waals surface area (Å²) in [6, 6.07) is 18.5. The van der Waals surface area contributed by atoms with Crippen LogP contribution in [0.2, 0.25) is 0 Å². The SMILES string of the molecule is CNC(C)CNC(=O)c1ccccc1CCc1ccccc1. The summed E-state index contributed by atoms with van der Waals surface area (Å²) in [4.78, 5) is 12.4. The van der Waals surface area contributed by atoms with E-state index in [2.05, 4.69) is 22.8 Å². The van der Waals surface area contributed by atoms with Gasteiger partial charge in [0.25, 0.3) is 5.91 Å². The summed E-state index contributed by atoms with van der Waals surface area (Å²) in [5, 5.41) is 6.11. The fourth-order valence-electron chi connectivity index (χ4n) is 2.33. The molecule has 0 bridgehead atoms. The number of hydrogen-bond acceptors (Lipinski definition) is 2. The Bertz CT molecular complexity index is 595. The Balaban J connectivity index is 2.01. The average molecular weight is 296 g/mol. The van der Waals surface area contributed by atoms with Gasteiger partial charge in [-0.25, -0.2) is 0 Å². The molecule has 0 aromatic heterocycles. The molecule has 2 N–H and O–H groups in total. The predicted molar refractivity (Wildman–Crippen MR) is 91.1 cm³/mol. The van der Waals surface area contributed by atoms with Crippen molar-refractivity contribution < 1.29 is 4.79 Å². The summed E-state index contributed by atoms with van der Waals surface area (Å²) in [6.45, 7) is 2.67. The smallest absolute Gasteiger partial charge is 0.251 e. The number of carbonyl (C=O) groups is 1. The van der Waals surface area contributed by atoms with Crippen molar-refractivity contribution in [1.29, 1.82) is 0 Å². The molecular weight excluding hydrogens is 272 g/mol. The molecule has 0 spiro atoms. The Morgan fingerprint density at radius 3 is 2.41 bits per heavy atom. The maximum absolute atomic E-state index is 12.4. The van der Waals surface area contributed by atoms with E-state index in [4.69, 9.17) is 0 Å². The zero-order valence-corrected chi connectivity index (χ0v) is 13.3. The van der Waals surface area contributed by atoms with Gasteiger partial charge in [-0.15, -0.1) is 0 Å². The van der Waals surface area contributed by atoms with Gasteiger partial charge in [0.05, 0.1) is 0 Å². The Morgan fingerprint density at radius 2 is 1.68 bits per heavy atom. The van der Waals surface area contributed by atoms with Gasteiger partial charge in [0.2, 0.25) is 0 Å². The lowest BCUT2D eigenvalue weighted by molar-refractivity contribution is 0.0949. The van der Waals surface area contributed by atoms with Crippen molar-refractivity contribution in [2.75, 3.05) is 13.6 Å². The fraction of sp³-hybridized carbons (Fsp3) is 0.316. The van der Waals surface area contributed by atoms with Crippen molar-refractivity contribution in [1.82, 2.24) is 10.6 Å². The maximum atomic E-state index is 12.4. The Labute approximate surface area is 132 Å². The predicted octanol–water partition coefficient (Wildman–Crippen LogP) is 2.81. The van der Waals surface area contributed by atoms with E-state index in [1.165, 1.54) is 5.56 Å². The molecule has 1 unspecified atom stereocenters. The first kappa shape index (κ1) is 16.2. The van der Waals surface area contributed by atoms with Gasteiger partial charge >= 0.3 is 0 Å². The van der Waals surface area contributed by atoms with Crippen LogP contribution in [-0.4, -0.2) is 25.5 Å². The van der Waals surface area contributed by atoms with Gasteiger partial charge in [-0.2, -0.15) is 0 Å². The van der Waals surface area contributed by atoms with E-state index in [1.54, 1.807) is 0 Å². The second-order valence-corrected chi connectivity index (χ2v) is 5.54. The van der Waals surface area contributed by atoms with E-state index in [0.717, 1.165) is 24.0 Å². The van der Waals surface area contributed by atoms with Gasteiger partial charge in [0.15, 0.2) is 0 Å². The summed E-state index contributed by atoms with van der Waals surface area (Å²) in [5.41, 5.74) is 3.17. The van der Waals surface area contributed by atoms with E-state index in [0.29, 0.717) is 6.54 Å². The molecule has 2 aromatic rings. The van der Waals surface area contributed by atoms with Gasteiger partial charge < -0.3 is 10.6 Å². The Morgan fingerprint density at radius 1 is 1.00 bits per heavy atom. The number of amides is 1. The molecule has 0 aliphatic heterocycles. The number of benzene rings is 2. The average Bonchev–Trinajstić information content (AvgIpc) is 2.58. The number of likely N-dealkylation sites (N-methyl/N-ethyl adjacent to an activating group) is 1. The number of rotatable bonds is 7. The monoisotopic (exact) mass is 296 g/mol. The van der Waals surface area contributed by atoms with Gasteiger partial charge in [0, 0.05) is 18.2 Å². The van der Waals surface area contributed by atoms with Gasteiger partial charge in [-0.3, -0.25) is 4.79 Å². The standard InChI is InChI=1S/C19H24N2O/c1-15(20-2)14-21-19(22)18-11-7-6-10-17(18)13-12-16-8-4-3-5-9-16/h3-11,15,20H,12-14H2,1-2H3,(H,21,22). The van der Waals surface area contributed by atoms with Crippen molar-refractivity contribution in [2.45, 2.75) is 25.8 Å². The molecule has 0 aliphatic carbocycles. The Hall–Kier alpha value is -2.13. The zero-order valence-electron chi connectivity index (χ0n) is 13.3. The van der Waals surface area contributed by atoms with Crippen molar-refractivity contribution >= 4 is 5.91 Å². The molecule has 0 radical (unpaired) electrons. The number of carbonyl (C=O) groups excluding carboxylic acids is 1. The largest absolute Gasteiger partial charge is 0.350 e. The number of nitrogens with one attached hydrogen (secondary N) is 2. The number of aryl methyl sites for hydroxylation is 2. The molecule has 2 rings (SSSR count). The van der Waals surface area contributed by atoms with Crippen LogP contribution in [0.4, 0.5) is 0 Å². The van der Waals surface area contributed by atoms with Crippen LogP contribution in [0.25, 0.3) is 0 Å². The second-order valence-electron chi connectivity index (χ2n) is 5.54. The quantitative estimate of drug-likeness (QED) is 0.825. The fourth-order valence-corrected chi connectivity index (χ4v) is 2.33. The van der Waals surface area contributed by atoms with E-state index in [1.807, 2.05) is 56.4 Å². The third-order valence-corrected chi connectivity index (χ3v) is 3.85. The highest BCUT2D eigenvalue weighted by Crippen LogP contribution is 2.12. The Kier molecular flexibility index (Phi) is 6.16. The molecule has 22 heavy (non-hydrogen) atoms. The molecular formula is C19H24N2O. The molecule has 0 saturated heterocycles. The van der Waals surface area contributed by atoms with Crippen molar-refractivity contribution in [2.24, 2.45) is 0 Å². The lowest BCUT2D eigenvalue weighted by Crippen LogP contribution is -2.37. The third-order valence-electron chi connectivity index (χ3n) is 3.85. The molecule has 3 nitrogen and oxygen atoms in total. The molecule has 2 aromatic carbocycles. The summed E-state index contributed by atoms with van der Waals surface area (Å²) in [5.74, 6) is 0.00533. The summed E-state index contributed by atoms with van der Waals surface area (Å²) in [6.07, 6.45) is 1.81. The minimum atomic E-state index is 0.00533. The summed E-state index contributed by atoms with van der Waals surface area (Å²) < 4.78 is 0. The molecule has 3 heteroatoms. The van der Waals surface area contributed by atoms with E-state index in [9.17, 15) is 4.79 Å². The maximum Gasteiger partial charge on any atom is 0.251 e. The molecule has 0 saturated carbocycles. The first-order valence-electron chi connectivity index (χ1n) is 7.78. The second kappa shape index (κ2) is 8.35. The molecule has 0 fully saturated rings. The number of hydrogen-bond donors (Lipinski definition) is 2. The molecule has 0 aliphatic rings. The van der Waals surface area contributed by atoms with Crippen molar-refractivity contribution in [3.05, 3.63) is 71.3 Å². The highest BCUT2D eigenvalue weighted by Gasteiger charge is 2.11. The van der Waals surface area contributed by atoms with Crippen LogP contribution in [0.3, 0.4) is 0 Å². The van der Waals surface area contributed by atoms with Crippen LogP contribution in [0.1, 0.15) is 28.4 Å². The van der Waals surface area contributed by atoms with Crippen LogP contribution in [-0.2, 0) is 12.8 Å². The van der Waals surface area contributed by atoms with Crippen LogP contribution < -0.4 is 10.6 Å². The minimum absolute atomic E-state index is 0.00533. The zero-order chi connectivity index (χ0) is 15.8. The van der Waals surface area contributed by atoms with Crippen molar-refractivity contribution in [3.8, 4) is 0 Å². The normalized spacial score (nSPS) is 11.9. The first-order valence-corrected chi connectivity index (χ1v) is 7.78. The molecule has 116 valence electrons. The van der Waals surface area contributed by atoms with Crippen molar-refractivity contribution in [3.63, 3.8) is 0 Å². The molecule has 1 amide bonds. The van der Waals surface area contributed by atoms with E-state index < -0.39 is 0 Å². The summed E-state index contributed by atoms with van der Waals surface area (Å²) >= 11 is 0. The lowest BCUT2D eigenvalue weighted by Gasteiger charge is -2.13. The highest BCUT2D eigenvalue weighted by atomic mass is 16.1. The van der Waals surface area contributed by atoms with Crippen LogP contribution >= 0.6 is 0 Å². The topological polar surface area (TPSA) is 41.1 Å².